The number of rotatable bonds is 5. The Bertz CT molecular complexity index is 969. The first kappa shape index (κ1) is 20.8. The summed E-state index contributed by atoms with van der Waals surface area (Å²) in [4.78, 5) is 27.7. The number of hydrogen-bond donors (Lipinski definition) is 2. The van der Waals surface area contributed by atoms with Crippen molar-refractivity contribution < 1.29 is 22.8 Å². The van der Waals surface area contributed by atoms with Gasteiger partial charge in [-0.25, -0.2) is 0 Å². The molecule has 0 saturated carbocycles. The minimum Gasteiger partial charge on any atom is -0.370 e. The van der Waals surface area contributed by atoms with Crippen molar-refractivity contribution >= 4 is 28.3 Å². The van der Waals surface area contributed by atoms with Gasteiger partial charge in [-0.05, 0) is 37.8 Å². The maximum atomic E-state index is 12.9. The van der Waals surface area contributed by atoms with Crippen molar-refractivity contribution in [1.29, 1.82) is 0 Å². The number of aromatic nitrogens is 1. The molecule has 1 aliphatic carbocycles. The van der Waals surface area contributed by atoms with Gasteiger partial charge in [0.25, 0.3) is 5.91 Å². The lowest BCUT2D eigenvalue weighted by Crippen LogP contribution is -2.35. The predicted molar refractivity (Wildman–Crippen MR) is 104 cm³/mol. The van der Waals surface area contributed by atoms with E-state index in [1.165, 1.54) is 6.20 Å². The number of nitrogens with zero attached hydrogens (tertiary/aromatic N) is 1. The Hall–Kier alpha value is -2.90. The molecule has 1 aromatic carbocycles. The maximum absolute atomic E-state index is 12.9. The Morgan fingerprint density at radius 2 is 2.10 bits per heavy atom. The second kappa shape index (κ2) is 8.23. The number of alkyl halides is 3. The number of benzene rings is 1. The molecule has 0 unspecified atom stereocenters. The molecular formula is C21H22F3N3O2. The van der Waals surface area contributed by atoms with Crippen molar-refractivity contribution in [3.63, 3.8) is 0 Å². The van der Waals surface area contributed by atoms with Crippen LogP contribution < -0.4 is 11.1 Å². The highest BCUT2D eigenvalue weighted by Crippen LogP contribution is 2.40. The number of nitrogens with two attached hydrogens (primary N) is 1. The van der Waals surface area contributed by atoms with Crippen molar-refractivity contribution in [3.05, 3.63) is 47.7 Å². The van der Waals surface area contributed by atoms with Gasteiger partial charge in [0.15, 0.2) is 0 Å². The van der Waals surface area contributed by atoms with Crippen LogP contribution in [0.25, 0.3) is 16.5 Å². The molecule has 0 aliphatic heterocycles. The molecular weight excluding hydrogens is 383 g/mol. The molecule has 29 heavy (non-hydrogen) atoms. The summed E-state index contributed by atoms with van der Waals surface area (Å²) in [5.41, 5.74) is 7.74. The van der Waals surface area contributed by atoms with Crippen molar-refractivity contribution in [2.45, 2.75) is 44.8 Å². The van der Waals surface area contributed by atoms with Gasteiger partial charge in [0.05, 0.1) is 17.0 Å². The molecule has 5 nitrogen and oxygen atoms in total. The van der Waals surface area contributed by atoms with Crippen LogP contribution in [-0.2, 0) is 4.79 Å². The van der Waals surface area contributed by atoms with Gasteiger partial charge >= 0.3 is 6.18 Å². The molecule has 0 saturated heterocycles. The third kappa shape index (κ3) is 4.93. The number of halogens is 3. The molecule has 0 radical (unpaired) electrons. The van der Waals surface area contributed by atoms with E-state index in [0.717, 1.165) is 16.5 Å². The number of fused-ring (bicyclic) bond motifs is 1. The standard InChI is InChI=1S/C21H22F3N3O2/c1-12(9-18(25)28)27-20(29)15-10-14-3-2-4-17(19(14)26-11-15)13-5-7-16(8-6-13)21(22,23)24/h2-5,10-12,16H,6-9H2,1H3,(H2,25,28)(H,27,29)/t12-,16-/m1/s1. The fraction of sp³-hybridized carbons (Fsp3) is 0.381. The molecule has 2 amide bonds. The van der Waals surface area contributed by atoms with E-state index in [-0.39, 0.29) is 25.2 Å². The number of allylic oxidation sites excluding steroid dienone is 2. The van der Waals surface area contributed by atoms with Crippen LogP contribution in [0.1, 0.15) is 48.5 Å². The number of para-hydroxylation sites is 1. The molecule has 2 aromatic rings. The summed E-state index contributed by atoms with van der Waals surface area (Å²) in [5.74, 6) is -2.18. The topological polar surface area (TPSA) is 85.1 Å². The highest BCUT2D eigenvalue weighted by molar-refractivity contribution is 5.99. The summed E-state index contributed by atoms with van der Waals surface area (Å²) >= 11 is 0. The number of carbonyl (C=O) groups is 2. The minimum atomic E-state index is -4.17. The van der Waals surface area contributed by atoms with Crippen LogP contribution in [0, 0.1) is 5.92 Å². The van der Waals surface area contributed by atoms with Gasteiger partial charge in [0.1, 0.15) is 0 Å². The zero-order chi connectivity index (χ0) is 21.2. The van der Waals surface area contributed by atoms with Crippen LogP contribution in [0.3, 0.4) is 0 Å². The summed E-state index contributed by atoms with van der Waals surface area (Å²) in [6.45, 7) is 1.68. The molecule has 8 heteroatoms. The SMILES string of the molecule is C[C@H](CC(N)=O)NC(=O)c1cnc2c(C3=CC[C@@H](C(F)(F)F)CC3)cccc2c1. The van der Waals surface area contributed by atoms with Crippen LogP contribution in [0.2, 0.25) is 0 Å². The summed E-state index contributed by atoms with van der Waals surface area (Å²) in [6.07, 6.45) is -0.712. The predicted octanol–water partition coefficient (Wildman–Crippen LogP) is 3.97. The molecule has 0 fully saturated rings. The van der Waals surface area contributed by atoms with Crippen LogP contribution in [0.15, 0.2) is 36.5 Å². The van der Waals surface area contributed by atoms with Gasteiger partial charge in [-0.1, -0.05) is 24.3 Å². The number of pyridine rings is 1. The number of hydrogen-bond acceptors (Lipinski definition) is 3. The van der Waals surface area contributed by atoms with E-state index >= 15 is 0 Å². The van der Waals surface area contributed by atoms with Crippen molar-refractivity contribution in [2.75, 3.05) is 0 Å². The molecule has 0 spiro atoms. The number of nitrogens with one attached hydrogen (secondary N) is 1. The first-order chi connectivity index (χ1) is 13.6. The monoisotopic (exact) mass is 405 g/mol. The van der Waals surface area contributed by atoms with E-state index in [0.29, 0.717) is 17.5 Å². The van der Waals surface area contributed by atoms with E-state index in [9.17, 15) is 22.8 Å². The van der Waals surface area contributed by atoms with Crippen LogP contribution in [0.4, 0.5) is 13.2 Å². The van der Waals surface area contributed by atoms with Gasteiger partial charge < -0.3 is 11.1 Å². The lowest BCUT2D eigenvalue weighted by Gasteiger charge is -2.24. The summed E-state index contributed by atoms with van der Waals surface area (Å²) in [7, 11) is 0. The molecule has 1 aliphatic rings. The van der Waals surface area contributed by atoms with Gasteiger partial charge in [-0.15, -0.1) is 0 Å². The van der Waals surface area contributed by atoms with Crippen molar-refractivity contribution in [2.24, 2.45) is 11.7 Å². The maximum Gasteiger partial charge on any atom is 0.392 e. The van der Waals surface area contributed by atoms with Crippen LogP contribution >= 0.6 is 0 Å². The zero-order valence-corrected chi connectivity index (χ0v) is 15.9. The first-order valence-electron chi connectivity index (χ1n) is 9.39. The quantitative estimate of drug-likeness (QED) is 0.789. The average molecular weight is 405 g/mol. The highest BCUT2D eigenvalue weighted by Gasteiger charge is 2.39. The number of amides is 2. The van der Waals surface area contributed by atoms with E-state index in [2.05, 4.69) is 10.3 Å². The average Bonchev–Trinajstić information content (AvgIpc) is 2.65. The molecule has 154 valence electrons. The number of carbonyl (C=O) groups excluding carboxylic acids is 2. The van der Waals surface area contributed by atoms with E-state index in [1.807, 2.05) is 6.07 Å². The second-order valence-electron chi connectivity index (χ2n) is 7.39. The van der Waals surface area contributed by atoms with Crippen molar-refractivity contribution in [3.8, 4) is 0 Å². The third-order valence-electron chi connectivity index (χ3n) is 5.08. The molecule has 1 heterocycles. The molecule has 2 atom stereocenters. The Balaban J connectivity index is 1.83. The second-order valence-corrected chi connectivity index (χ2v) is 7.39. The molecule has 3 rings (SSSR count). The van der Waals surface area contributed by atoms with E-state index < -0.39 is 24.0 Å². The van der Waals surface area contributed by atoms with Gasteiger partial charge in [-0.2, -0.15) is 13.2 Å². The lowest BCUT2D eigenvalue weighted by molar-refractivity contribution is -0.175. The summed E-state index contributed by atoms with van der Waals surface area (Å²) < 4.78 is 38.7. The molecule has 1 aromatic heterocycles. The first-order valence-corrected chi connectivity index (χ1v) is 9.39. The van der Waals surface area contributed by atoms with Crippen LogP contribution in [0.5, 0.6) is 0 Å². The third-order valence-corrected chi connectivity index (χ3v) is 5.08. The van der Waals surface area contributed by atoms with Crippen LogP contribution in [-0.4, -0.2) is 29.0 Å². The largest absolute Gasteiger partial charge is 0.392 e. The fourth-order valence-electron chi connectivity index (χ4n) is 3.58. The molecule has 3 N–H and O–H groups in total. The van der Waals surface area contributed by atoms with E-state index in [1.54, 1.807) is 31.2 Å². The number of primary amides is 1. The smallest absolute Gasteiger partial charge is 0.370 e. The van der Waals surface area contributed by atoms with E-state index in [4.69, 9.17) is 5.73 Å². The Kier molecular flexibility index (Phi) is 5.91. The van der Waals surface area contributed by atoms with Gasteiger partial charge in [-0.3, -0.25) is 14.6 Å². The Labute approximate surface area is 166 Å². The Morgan fingerprint density at radius 3 is 2.72 bits per heavy atom. The van der Waals surface area contributed by atoms with Gasteiger partial charge in [0.2, 0.25) is 5.91 Å². The van der Waals surface area contributed by atoms with Crippen molar-refractivity contribution in [1.82, 2.24) is 10.3 Å². The summed E-state index contributed by atoms with van der Waals surface area (Å²) in [5, 5.41) is 3.41. The fourth-order valence-corrected chi connectivity index (χ4v) is 3.58. The lowest BCUT2D eigenvalue weighted by atomic mass is 9.85. The zero-order valence-electron chi connectivity index (χ0n) is 15.9. The summed E-state index contributed by atoms with van der Waals surface area (Å²) in [6, 6.07) is 6.71. The molecule has 0 bridgehead atoms. The van der Waals surface area contributed by atoms with Gasteiger partial charge in [0, 0.05) is 29.6 Å². The normalized spacial score (nSPS) is 18.2. The minimum absolute atomic E-state index is 0.0317. The Morgan fingerprint density at radius 1 is 1.34 bits per heavy atom. The highest BCUT2D eigenvalue weighted by atomic mass is 19.4.